The van der Waals surface area contributed by atoms with Gasteiger partial charge in [-0.05, 0) is 54.9 Å². The van der Waals surface area contributed by atoms with Crippen molar-refractivity contribution in [3.63, 3.8) is 0 Å². The Bertz CT molecular complexity index is 1100. The molecule has 4 bridgehead atoms. The van der Waals surface area contributed by atoms with E-state index in [0.717, 1.165) is 0 Å². The Hall–Kier alpha value is -3.01. The van der Waals surface area contributed by atoms with E-state index in [0.29, 0.717) is 16.7 Å². The molecule has 7 atom stereocenters. The molecule has 10 heteroatoms. The molecule has 3 aliphatic carbocycles. The molecule has 0 aromatic heterocycles. The molecule has 0 aromatic carbocycles. The van der Waals surface area contributed by atoms with E-state index in [1.54, 1.807) is 19.9 Å². The van der Waals surface area contributed by atoms with Crippen molar-refractivity contribution in [1.82, 2.24) is 0 Å². The third kappa shape index (κ3) is 5.55. The molecule has 0 radical (unpaired) electrons. The minimum absolute atomic E-state index is 0.00662. The van der Waals surface area contributed by atoms with Crippen LogP contribution in [0.5, 0.6) is 0 Å². The van der Waals surface area contributed by atoms with Crippen LogP contribution in [0, 0.1) is 16.7 Å². The quantitative estimate of drug-likeness (QED) is 0.325. The summed E-state index contributed by atoms with van der Waals surface area (Å²) >= 11 is 0. The molecule has 0 spiro atoms. The lowest BCUT2D eigenvalue weighted by atomic mass is 9.57. The van der Waals surface area contributed by atoms with Crippen LogP contribution in [0.4, 0.5) is 0 Å². The van der Waals surface area contributed by atoms with Gasteiger partial charge < -0.3 is 24.1 Å². The van der Waals surface area contributed by atoms with E-state index in [1.807, 2.05) is 13.8 Å². The highest BCUT2D eigenvalue weighted by atomic mass is 16.6. The molecule has 210 valence electrons. The average Bonchev–Trinajstić information content (AvgIpc) is 2.75. The summed E-state index contributed by atoms with van der Waals surface area (Å²) < 4.78 is 22.7. The number of fused-ring (bicyclic) bond motifs is 4. The average molecular weight is 535 g/mol. The molecular weight excluding hydrogens is 496 g/mol. The zero-order valence-electron chi connectivity index (χ0n) is 23.3. The molecule has 10 nitrogen and oxygen atoms in total. The zero-order chi connectivity index (χ0) is 28.7. The van der Waals surface area contributed by atoms with E-state index >= 15 is 0 Å². The van der Waals surface area contributed by atoms with Crippen molar-refractivity contribution in [2.75, 3.05) is 0 Å². The second kappa shape index (κ2) is 10.6. The van der Waals surface area contributed by atoms with Crippen LogP contribution in [0.15, 0.2) is 22.8 Å². The van der Waals surface area contributed by atoms with Crippen LogP contribution >= 0.6 is 0 Å². The largest absolute Gasteiger partial charge is 0.461 e. The summed E-state index contributed by atoms with van der Waals surface area (Å²) in [6.45, 7) is 12.0. The lowest BCUT2D eigenvalue weighted by molar-refractivity contribution is -0.171. The highest BCUT2D eigenvalue weighted by Crippen LogP contribution is 2.53. The molecule has 1 fully saturated rings. The smallest absolute Gasteiger partial charge is 0.303 e. The Balaban J connectivity index is 2.38. The van der Waals surface area contributed by atoms with Gasteiger partial charge in [0.1, 0.15) is 18.3 Å². The van der Waals surface area contributed by atoms with Gasteiger partial charge in [0, 0.05) is 40.0 Å². The van der Waals surface area contributed by atoms with E-state index < -0.39 is 76.9 Å². The van der Waals surface area contributed by atoms with Crippen molar-refractivity contribution >= 4 is 29.7 Å². The van der Waals surface area contributed by atoms with Crippen LogP contribution in [0.2, 0.25) is 0 Å². The van der Waals surface area contributed by atoms with Gasteiger partial charge in [-0.3, -0.25) is 24.0 Å². The predicted octanol–water partition coefficient (Wildman–Crippen LogP) is 2.75. The maximum Gasteiger partial charge on any atom is 0.303 e. The van der Waals surface area contributed by atoms with Crippen molar-refractivity contribution in [3.8, 4) is 0 Å². The van der Waals surface area contributed by atoms with Gasteiger partial charge in [0.25, 0.3) is 0 Å². The minimum Gasteiger partial charge on any atom is -0.461 e. The molecule has 1 saturated carbocycles. The summed E-state index contributed by atoms with van der Waals surface area (Å²) in [6.07, 6.45) is -3.22. The molecule has 0 aromatic rings. The number of ether oxygens (including phenoxy) is 4. The van der Waals surface area contributed by atoms with Crippen molar-refractivity contribution in [1.29, 1.82) is 0 Å². The number of carbonyl (C=O) groups excluding carboxylic acids is 5. The van der Waals surface area contributed by atoms with Crippen molar-refractivity contribution < 1.29 is 48.0 Å². The molecule has 1 N–H and O–H groups in total. The van der Waals surface area contributed by atoms with Crippen LogP contribution in [0.1, 0.15) is 74.7 Å². The number of carbonyl (C=O) groups is 5. The van der Waals surface area contributed by atoms with Crippen molar-refractivity contribution in [3.05, 3.63) is 22.8 Å². The van der Waals surface area contributed by atoms with E-state index in [9.17, 15) is 29.1 Å². The molecule has 3 rings (SSSR count). The maximum absolute atomic E-state index is 14.4. The summed E-state index contributed by atoms with van der Waals surface area (Å²) in [5, 5.41) is 11.0. The second-order valence-electron chi connectivity index (χ2n) is 11.4. The maximum atomic E-state index is 14.4. The van der Waals surface area contributed by atoms with Gasteiger partial charge in [0.05, 0.1) is 11.5 Å². The van der Waals surface area contributed by atoms with Crippen molar-refractivity contribution in [2.24, 2.45) is 16.7 Å². The van der Waals surface area contributed by atoms with Gasteiger partial charge in [-0.15, -0.1) is 0 Å². The predicted molar refractivity (Wildman–Crippen MR) is 133 cm³/mol. The van der Waals surface area contributed by atoms with E-state index in [1.165, 1.54) is 27.7 Å². The highest BCUT2D eigenvalue weighted by Gasteiger charge is 2.58. The van der Waals surface area contributed by atoms with E-state index in [2.05, 4.69) is 0 Å². The van der Waals surface area contributed by atoms with Gasteiger partial charge in [-0.2, -0.15) is 0 Å². The topological polar surface area (TPSA) is 143 Å². The first-order valence-corrected chi connectivity index (χ1v) is 12.8. The highest BCUT2D eigenvalue weighted by molar-refractivity contribution is 5.94. The normalized spacial score (nSPS) is 35.8. The number of ketones is 1. The molecule has 0 heterocycles. The first-order valence-electron chi connectivity index (χ1n) is 12.8. The lowest BCUT2D eigenvalue weighted by Crippen LogP contribution is -2.57. The summed E-state index contributed by atoms with van der Waals surface area (Å²) in [4.78, 5) is 63.0. The van der Waals surface area contributed by atoms with Gasteiger partial charge in [0.15, 0.2) is 11.9 Å². The summed E-state index contributed by atoms with van der Waals surface area (Å²) in [7, 11) is 0. The number of rotatable bonds is 4. The number of hydrogen-bond acceptors (Lipinski definition) is 10. The molecule has 3 aliphatic rings. The SMILES string of the molecule is CC(=O)O[C@H]1C(=O)[C@@]2(C)C/C(=C\[C@@H](OC(C)=O)[C@@H]3C[C@H](OC(C)=O)C(C)=C1C3(C)C)[C@@H](O)C[C@@H]2OC(C)=O. The Morgan fingerprint density at radius 3 is 1.95 bits per heavy atom. The summed E-state index contributed by atoms with van der Waals surface area (Å²) in [5.41, 5.74) is -0.814. The number of aliphatic hydroxyl groups is 1. The molecule has 0 unspecified atom stereocenters. The van der Waals surface area contributed by atoms with Crippen LogP contribution in [-0.4, -0.2) is 65.3 Å². The third-order valence-electron chi connectivity index (χ3n) is 8.18. The lowest BCUT2D eigenvalue weighted by Gasteiger charge is -2.51. The number of Topliss-reactive ketones (excluding diaryl/α,β-unsaturated/α-hetero) is 1. The first-order chi connectivity index (χ1) is 17.5. The zero-order valence-corrected chi connectivity index (χ0v) is 23.3. The minimum atomic E-state index is -1.39. The molecule has 0 amide bonds. The van der Waals surface area contributed by atoms with Gasteiger partial charge in [0.2, 0.25) is 0 Å². The number of hydrogen-bond donors (Lipinski definition) is 1. The Labute approximate surface area is 222 Å². The van der Waals surface area contributed by atoms with E-state index in [-0.39, 0.29) is 19.3 Å². The molecule has 38 heavy (non-hydrogen) atoms. The summed E-state index contributed by atoms with van der Waals surface area (Å²) in [6, 6.07) is 0. The van der Waals surface area contributed by atoms with Crippen LogP contribution in [0.25, 0.3) is 0 Å². The van der Waals surface area contributed by atoms with Crippen LogP contribution in [0.3, 0.4) is 0 Å². The standard InChI is InChI=1S/C28H38O10/c1-13-21(35-14(2)29)10-19-22(36-15(3)30)9-18-12-28(8,23(11-20(18)33)37-16(4)31)26(34)25(38-17(5)32)24(13)27(19,6)7/h9,19-23,25,33H,10-12H2,1-8H3/b18-9+/t19-,20-,21-,22+,23-,25+,28-/m0/s1. The van der Waals surface area contributed by atoms with Gasteiger partial charge in [-0.1, -0.05) is 13.8 Å². The van der Waals surface area contributed by atoms with Crippen LogP contribution in [-0.2, 0) is 42.9 Å². The monoisotopic (exact) mass is 534 g/mol. The fourth-order valence-corrected chi connectivity index (χ4v) is 6.42. The molecule has 0 saturated heterocycles. The molecule has 0 aliphatic heterocycles. The second-order valence-corrected chi connectivity index (χ2v) is 11.4. The Kier molecular flexibility index (Phi) is 8.27. The third-order valence-corrected chi connectivity index (χ3v) is 8.18. The number of esters is 4. The Morgan fingerprint density at radius 2 is 1.42 bits per heavy atom. The molecular formula is C28H38O10. The Morgan fingerprint density at radius 1 is 0.868 bits per heavy atom. The van der Waals surface area contributed by atoms with Gasteiger partial charge >= 0.3 is 23.9 Å². The van der Waals surface area contributed by atoms with Crippen molar-refractivity contribution in [2.45, 2.75) is 105 Å². The first kappa shape index (κ1) is 29.5. The van der Waals surface area contributed by atoms with E-state index in [4.69, 9.17) is 18.9 Å². The summed E-state index contributed by atoms with van der Waals surface area (Å²) in [5.74, 6) is -3.39. The number of aliphatic hydroxyl groups excluding tert-OH is 1. The fraction of sp³-hybridized carbons (Fsp3) is 0.679. The van der Waals surface area contributed by atoms with Gasteiger partial charge in [-0.25, -0.2) is 0 Å². The fourth-order valence-electron chi connectivity index (χ4n) is 6.42. The van der Waals surface area contributed by atoms with Crippen LogP contribution < -0.4 is 0 Å².